The monoisotopic (exact) mass is 202 g/mol. The van der Waals surface area contributed by atoms with Crippen LogP contribution in [0.15, 0.2) is 18.2 Å². The normalized spacial score (nSPS) is 9.77. The van der Waals surface area contributed by atoms with Gasteiger partial charge in [-0.2, -0.15) is 0 Å². The third-order valence-electron chi connectivity index (χ3n) is 1.57. The van der Waals surface area contributed by atoms with E-state index in [-0.39, 0.29) is 6.42 Å². The molecule has 0 radical (unpaired) electrons. The molecule has 0 saturated heterocycles. The van der Waals surface area contributed by atoms with Gasteiger partial charge in [0.05, 0.1) is 13.5 Å². The van der Waals surface area contributed by atoms with Crippen LogP contribution < -0.4 is 0 Å². The summed E-state index contributed by atoms with van der Waals surface area (Å²) in [5, 5.41) is 0.367. The number of ether oxygens (including phenoxy) is 1. The number of carbonyl (C=O) groups is 1. The minimum atomic E-state index is -0.438. The topological polar surface area (TPSA) is 26.3 Å². The summed E-state index contributed by atoms with van der Waals surface area (Å²) in [4.78, 5) is 10.8. The van der Waals surface area contributed by atoms with Gasteiger partial charge in [-0.25, -0.2) is 4.39 Å². The van der Waals surface area contributed by atoms with Crippen LogP contribution in [0.25, 0.3) is 0 Å². The zero-order valence-corrected chi connectivity index (χ0v) is 7.77. The van der Waals surface area contributed by atoms with Crippen LogP contribution >= 0.6 is 11.6 Å². The van der Waals surface area contributed by atoms with Crippen molar-refractivity contribution in [3.05, 3.63) is 34.6 Å². The average molecular weight is 203 g/mol. The van der Waals surface area contributed by atoms with E-state index in [2.05, 4.69) is 4.74 Å². The van der Waals surface area contributed by atoms with Crippen molar-refractivity contribution in [3.8, 4) is 0 Å². The van der Waals surface area contributed by atoms with Crippen molar-refractivity contribution in [2.45, 2.75) is 6.42 Å². The molecular weight excluding hydrogens is 195 g/mol. The maximum absolute atomic E-state index is 12.7. The fourth-order valence-corrected chi connectivity index (χ4v) is 1.09. The van der Waals surface area contributed by atoms with E-state index in [1.165, 1.54) is 25.3 Å². The van der Waals surface area contributed by atoms with Gasteiger partial charge < -0.3 is 4.74 Å². The maximum Gasteiger partial charge on any atom is 0.310 e. The van der Waals surface area contributed by atoms with E-state index in [1.54, 1.807) is 0 Å². The van der Waals surface area contributed by atoms with Gasteiger partial charge in [-0.15, -0.1) is 0 Å². The van der Waals surface area contributed by atoms with Crippen LogP contribution in [-0.4, -0.2) is 13.1 Å². The summed E-state index contributed by atoms with van der Waals surface area (Å²) in [5.74, 6) is -0.851. The number of hydrogen-bond acceptors (Lipinski definition) is 2. The summed E-state index contributed by atoms with van der Waals surface area (Å²) >= 11 is 5.72. The Hall–Kier alpha value is -1.09. The van der Waals surface area contributed by atoms with E-state index in [9.17, 15) is 9.18 Å². The van der Waals surface area contributed by atoms with Crippen molar-refractivity contribution >= 4 is 17.6 Å². The maximum atomic E-state index is 12.7. The zero-order valence-electron chi connectivity index (χ0n) is 7.01. The quantitative estimate of drug-likeness (QED) is 0.688. The number of benzene rings is 1. The van der Waals surface area contributed by atoms with Crippen LogP contribution in [0.2, 0.25) is 5.02 Å². The van der Waals surface area contributed by atoms with Crippen LogP contribution in [0.5, 0.6) is 0 Å². The average Bonchev–Trinajstić information content (AvgIpc) is 2.11. The lowest BCUT2D eigenvalue weighted by molar-refractivity contribution is -0.139. The third-order valence-corrected chi connectivity index (χ3v) is 1.94. The first-order valence-corrected chi connectivity index (χ1v) is 4.02. The van der Waals surface area contributed by atoms with E-state index in [0.717, 1.165) is 0 Å². The molecule has 1 rings (SSSR count). The second-order valence-corrected chi connectivity index (χ2v) is 2.90. The van der Waals surface area contributed by atoms with E-state index >= 15 is 0 Å². The highest BCUT2D eigenvalue weighted by Crippen LogP contribution is 2.17. The van der Waals surface area contributed by atoms with E-state index in [1.807, 2.05) is 0 Å². The molecule has 1 aromatic rings. The lowest BCUT2D eigenvalue weighted by Crippen LogP contribution is -2.05. The summed E-state index contributed by atoms with van der Waals surface area (Å²) in [6.07, 6.45) is -0.00685. The molecule has 1 aromatic carbocycles. The predicted octanol–water partition coefficient (Wildman–Crippen LogP) is 2.19. The molecule has 0 saturated carbocycles. The molecule has 0 aliphatic carbocycles. The summed E-state index contributed by atoms with van der Waals surface area (Å²) in [6, 6.07) is 3.87. The van der Waals surface area contributed by atoms with Crippen molar-refractivity contribution < 1.29 is 13.9 Å². The molecule has 0 fully saturated rings. The first-order valence-electron chi connectivity index (χ1n) is 3.64. The second-order valence-electron chi connectivity index (χ2n) is 2.49. The fraction of sp³-hybridized carbons (Fsp3) is 0.222. The van der Waals surface area contributed by atoms with E-state index in [0.29, 0.717) is 10.6 Å². The first kappa shape index (κ1) is 9.99. The zero-order chi connectivity index (χ0) is 9.84. The third kappa shape index (κ3) is 2.70. The van der Waals surface area contributed by atoms with Crippen LogP contribution in [0, 0.1) is 5.82 Å². The van der Waals surface area contributed by atoms with E-state index in [4.69, 9.17) is 11.6 Å². The molecule has 0 amide bonds. The molecular formula is C9H8ClFO2. The van der Waals surface area contributed by atoms with Gasteiger partial charge in [0, 0.05) is 5.02 Å². The molecule has 4 heteroatoms. The predicted molar refractivity (Wildman–Crippen MR) is 47.1 cm³/mol. The minimum absolute atomic E-state index is 0.00685. The molecule has 0 bridgehead atoms. The Morgan fingerprint density at radius 2 is 2.31 bits per heavy atom. The number of carbonyl (C=O) groups excluding carboxylic acids is 1. The molecule has 0 aromatic heterocycles. The highest BCUT2D eigenvalue weighted by molar-refractivity contribution is 6.31. The van der Waals surface area contributed by atoms with Gasteiger partial charge >= 0.3 is 5.97 Å². The number of hydrogen-bond donors (Lipinski definition) is 0. The molecule has 70 valence electrons. The van der Waals surface area contributed by atoms with Gasteiger partial charge in [-0.05, 0) is 23.8 Å². The molecule has 0 heterocycles. The van der Waals surface area contributed by atoms with Gasteiger partial charge in [-0.3, -0.25) is 4.79 Å². The Balaban J connectivity index is 2.87. The molecule has 0 N–H and O–H groups in total. The molecule has 0 atom stereocenters. The van der Waals surface area contributed by atoms with Crippen molar-refractivity contribution in [1.82, 2.24) is 0 Å². The lowest BCUT2D eigenvalue weighted by Gasteiger charge is -2.02. The Morgan fingerprint density at radius 1 is 1.62 bits per heavy atom. The number of esters is 1. The number of halogens is 2. The van der Waals surface area contributed by atoms with Crippen molar-refractivity contribution in [1.29, 1.82) is 0 Å². The van der Waals surface area contributed by atoms with Crippen LogP contribution in [0.1, 0.15) is 5.56 Å². The Kier molecular flexibility index (Phi) is 3.25. The molecule has 13 heavy (non-hydrogen) atoms. The largest absolute Gasteiger partial charge is 0.469 e. The van der Waals surface area contributed by atoms with Gasteiger partial charge in [0.1, 0.15) is 5.82 Å². The van der Waals surface area contributed by atoms with Crippen LogP contribution in [0.4, 0.5) is 4.39 Å². The van der Waals surface area contributed by atoms with Gasteiger partial charge in [-0.1, -0.05) is 11.6 Å². The Morgan fingerprint density at radius 3 is 2.92 bits per heavy atom. The Bertz CT molecular complexity index is 325. The fourth-order valence-electron chi connectivity index (χ4n) is 0.906. The number of methoxy groups -OCH3 is 1. The van der Waals surface area contributed by atoms with Crippen molar-refractivity contribution in [2.75, 3.05) is 7.11 Å². The molecule has 0 aliphatic rings. The van der Waals surface area contributed by atoms with Gasteiger partial charge in [0.15, 0.2) is 0 Å². The smallest absolute Gasteiger partial charge is 0.310 e. The molecule has 0 aliphatic heterocycles. The summed E-state index contributed by atoms with van der Waals surface area (Å²) in [6.45, 7) is 0. The summed E-state index contributed by atoms with van der Waals surface area (Å²) in [5.41, 5.74) is 0.438. The molecule has 0 spiro atoms. The summed E-state index contributed by atoms with van der Waals surface area (Å²) in [7, 11) is 1.27. The highest BCUT2D eigenvalue weighted by atomic mass is 35.5. The van der Waals surface area contributed by atoms with Crippen molar-refractivity contribution in [3.63, 3.8) is 0 Å². The minimum Gasteiger partial charge on any atom is -0.469 e. The first-order chi connectivity index (χ1) is 6.13. The van der Waals surface area contributed by atoms with Gasteiger partial charge in [0.2, 0.25) is 0 Å². The van der Waals surface area contributed by atoms with E-state index < -0.39 is 11.8 Å². The number of rotatable bonds is 2. The standard InChI is InChI=1S/C9H8ClFO2/c1-13-9(12)5-6-4-7(11)2-3-8(6)10/h2-4H,5H2,1H3. The highest BCUT2D eigenvalue weighted by Gasteiger charge is 2.07. The Labute approximate surface area is 80.3 Å². The van der Waals surface area contributed by atoms with Gasteiger partial charge in [0.25, 0.3) is 0 Å². The summed E-state index contributed by atoms with van der Waals surface area (Å²) < 4.78 is 17.1. The van der Waals surface area contributed by atoms with Crippen molar-refractivity contribution in [2.24, 2.45) is 0 Å². The lowest BCUT2D eigenvalue weighted by atomic mass is 10.1. The SMILES string of the molecule is COC(=O)Cc1cc(F)ccc1Cl. The second kappa shape index (κ2) is 4.23. The molecule has 2 nitrogen and oxygen atoms in total. The molecule has 0 unspecified atom stereocenters. The van der Waals surface area contributed by atoms with Crippen LogP contribution in [0.3, 0.4) is 0 Å². The van der Waals surface area contributed by atoms with Crippen LogP contribution in [-0.2, 0) is 16.0 Å².